The molecule has 82 valence electrons. The molecule has 0 radical (unpaired) electrons. The molecule has 0 amide bonds. The molecule has 0 aliphatic rings. The van der Waals surface area contributed by atoms with Gasteiger partial charge in [0.05, 0.1) is 18.5 Å². The van der Waals surface area contributed by atoms with Crippen LogP contribution >= 0.6 is 0 Å². The van der Waals surface area contributed by atoms with Crippen LogP contribution < -0.4 is 5.06 Å². The molecule has 0 saturated carbocycles. The Morgan fingerprint density at radius 3 is 2.00 bits per heavy atom. The number of halogens is 1. The highest BCUT2D eigenvalue weighted by molar-refractivity contribution is 5.59. The van der Waals surface area contributed by atoms with E-state index in [2.05, 4.69) is 0 Å². The van der Waals surface area contributed by atoms with Gasteiger partial charge in [0.2, 0.25) is 0 Å². The molecule has 2 rings (SSSR count). The second-order valence-corrected chi connectivity index (χ2v) is 3.29. The zero-order valence-electron chi connectivity index (χ0n) is 8.93. The molecule has 0 heterocycles. The third-order valence-electron chi connectivity index (χ3n) is 2.23. The maximum Gasteiger partial charge on any atom is 0.123 e. The van der Waals surface area contributed by atoms with Crippen LogP contribution in [0, 0.1) is 5.82 Å². The Hall–Kier alpha value is -1.87. The summed E-state index contributed by atoms with van der Waals surface area (Å²) in [6.07, 6.45) is 0. The number of para-hydroxylation sites is 1. The molecule has 0 aliphatic carbocycles. The predicted octanol–water partition coefficient (Wildman–Crippen LogP) is 3.53. The van der Waals surface area contributed by atoms with Crippen LogP contribution in [0.25, 0.3) is 0 Å². The van der Waals surface area contributed by atoms with Crippen LogP contribution in [-0.2, 0) is 4.84 Å². The van der Waals surface area contributed by atoms with Gasteiger partial charge in [0.1, 0.15) is 5.82 Å². The highest BCUT2D eigenvalue weighted by Gasteiger charge is 2.07. The van der Waals surface area contributed by atoms with E-state index in [4.69, 9.17) is 4.84 Å². The summed E-state index contributed by atoms with van der Waals surface area (Å²) >= 11 is 0. The first-order valence-corrected chi connectivity index (χ1v) is 4.96. The number of hydrogen-bond donors (Lipinski definition) is 0. The van der Waals surface area contributed by atoms with E-state index in [1.54, 1.807) is 24.3 Å². The van der Waals surface area contributed by atoms with Gasteiger partial charge in [0.25, 0.3) is 0 Å². The van der Waals surface area contributed by atoms with Crippen molar-refractivity contribution in [2.75, 3.05) is 12.2 Å². The van der Waals surface area contributed by atoms with Crippen molar-refractivity contribution in [3.05, 3.63) is 60.4 Å². The lowest BCUT2D eigenvalue weighted by molar-refractivity contribution is 0.201. The van der Waals surface area contributed by atoms with E-state index < -0.39 is 0 Å². The number of benzene rings is 2. The lowest BCUT2D eigenvalue weighted by Gasteiger charge is -2.21. The third kappa shape index (κ3) is 2.20. The number of rotatable bonds is 3. The molecule has 0 spiro atoms. The summed E-state index contributed by atoms with van der Waals surface area (Å²) in [5.41, 5.74) is 1.69. The van der Waals surface area contributed by atoms with Gasteiger partial charge < -0.3 is 0 Å². The standard InChI is InChI=1S/C13H12FNO/c1-16-15(12-5-3-2-4-6-12)13-9-7-11(14)8-10-13/h2-10H,1H3. The van der Waals surface area contributed by atoms with Gasteiger partial charge in [-0.2, -0.15) is 0 Å². The maximum atomic E-state index is 12.8. The zero-order valence-corrected chi connectivity index (χ0v) is 8.93. The number of hydrogen-bond acceptors (Lipinski definition) is 2. The van der Waals surface area contributed by atoms with Gasteiger partial charge in [-0.25, -0.2) is 9.45 Å². The molecule has 0 fully saturated rings. The Morgan fingerprint density at radius 2 is 1.44 bits per heavy atom. The minimum absolute atomic E-state index is 0.257. The Bertz CT molecular complexity index is 441. The first-order valence-electron chi connectivity index (χ1n) is 4.96. The van der Waals surface area contributed by atoms with Gasteiger partial charge in [-0.05, 0) is 36.4 Å². The first kappa shape index (κ1) is 10.6. The van der Waals surface area contributed by atoms with E-state index in [0.29, 0.717) is 0 Å². The fourth-order valence-corrected chi connectivity index (χ4v) is 1.50. The summed E-state index contributed by atoms with van der Waals surface area (Å²) in [6, 6.07) is 15.8. The van der Waals surface area contributed by atoms with E-state index >= 15 is 0 Å². The molecule has 0 bridgehead atoms. The molecular formula is C13H12FNO. The molecule has 0 aromatic heterocycles. The van der Waals surface area contributed by atoms with Crippen molar-refractivity contribution in [1.82, 2.24) is 0 Å². The van der Waals surface area contributed by atoms with E-state index in [9.17, 15) is 4.39 Å². The SMILES string of the molecule is CON(c1ccccc1)c1ccc(F)cc1. The van der Waals surface area contributed by atoms with Crippen LogP contribution in [0.2, 0.25) is 0 Å². The Labute approximate surface area is 93.8 Å². The van der Waals surface area contributed by atoms with Gasteiger partial charge in [0, 0.05) is 0 Å². The highest BCUT2D eigenvalue weighted by atomic mass is 19.1. The maximum absolute atomic E-state index is 12.8. The first-order chi connectivity index (χ1) is 7.81. The quantitative estimate of drug-likeness (QED) is 0.729. The molecule has 3 heteroatoms. The van der Waals surface area contributed by atoms with Crippen LogP contribution in [0.4, 0.5) is 15.8 Å². The monoisotopic (exact) mass is 217 g/mol. The van der Waals surface area contributed by atoms with Crippen LogP contribution in [0.1, 0.15) is 0 Å². The van der Waals surface area contributed by atoms with Crippen LogP contribution in [0.5, 0.6) is 0 Å². The Kier molecular flexibility index (Phi) is 3.17. The summed E-state index contributed by atoms with van der Waals surface area (Å²) < 4.78 is 12.8. The lowest BCUT2D eigenvalue weighted by atomic mass is 10.2. The average Bonchev–Trinajstić information content (AvgIpc) is 2.34. The van der Waals surface area contributed by atoms with Crippen molar-refractivity contribution in [2.45, 2.75) is 0 Å². The van der Waals surface area contributed by atoms with Gasteiger partial charge >= 0.3 is 0 Å². The average molecular weight is 217 g/mol. The fraction of sp³-hybridized carbons (Fsp3) is 0.0769. The topological polar surface area (TPSA) is 12.5 Å². The van der Waals surface area contributed by atoms with Crippen LogP contribution in [0.15, 0.2) is 54.6 Å². The minimum atomic E-state index is -0.257. The van der Waals surface area contributed by atoms with Crippen molar-refractivity contribution < 1.29 is 9.23 Å². The molecule has 16 heavy (non-hydrogen) atoms. The molecule has 0 atom stereocenters. The molecule has 2 nitrogen and oxygen atoms in total. The van der Waals surface area contributed by atoms with Gasteiger partial charge in [-0.3, -0.25) is 4.84 Å². The normalized spacial score (nSPS) is 10.1. The van der Waals surface area contributed by atoms with Gasteiger partial charge in [0.15, 0.2) is 0 Å². The van der Waals surface area contributed by atoms with Crippen LogP contribution in [-0.4, -0.2) is 7.11 Å². The number of nitrogens with zero attached hydrogens (tertiary/aromatic N) is 1. The largest absolute Gasteiger partial charge is 0.272 e. The predicted molar refractivity (Wildman–Crippen MR) is 62.0 cm³/mol. The van der Waals surface area contributed by atoms with E-state index in [1.165, 1.54) is 12.1 Å². The van der Waals surface area contributed by atoms with E-state index in [-0.39, 0.29) is 5.82 Å². The fourth-order valence-electron chi connectivity index (χ4n) is 1.50. The summed E-state index contributed by atoms with van der Waals surface area (Å²) in [5, 5.41) is 1.64. The Morgan fingerprint density at radius 1 is 0.875 bits per heavy atom. The highest BCUT2D eigenvalue weighted by Crippen LogP contribution is 2.24. The summed E-state index contributed by atoms with van der Waals surface area (Å²) in [4.78, 5) is 5.27. The van der Waals surface area contributed by atoms with Crippen molar-refractivity contribution in [3.8, 4) is 0 Å². The number of anilines is 2. The minimum Gasteiger partial charge on any atom is -0.272 e. The van der Waals surface area contributed by atoms with Crippen molar-refractivity contribution in [2.24, 2.45) is 0 Å². The molecule has 0 unspecified atom stereocenters. The molecule has 0 saturated heterocycles. The lowest BCUT2D eigenvalue weighted by Crippen LogP contribution is -2.14. The molecule has 0 N–H and O–H groups in total. The summed E-state index contributed by atoms with van der Waals surface area (Å²) in [5.74, 6) is -0.257. The Balaban J connectivity index is 2.33. The second-order valence-electron chi connectivity index (χ2n) is 3.29. The van der Waals surface area contributed by atoms with Crippen molar-refractivity contribution >= 4 is 11.4 Å². The molecule has 0 aliphatic heterocycles. The van der Waals surface area contributed by atoms with Crippen molar-refractivity contribution in [1.29, 1.82) is 0 Å². The van der Waals surface area contributed by atoms with Gasteiger partial charge in [-0.15, -0.1) is 0 Å². The second kappa shape index (κ2) is 4.77. The van der Waals surface area contributed by atoms with Crippen LogP contribution in [0.3, 0.4) is 0 Å². The zero-order chi connectivity index (χ0) is 11.4. The smallest absolute Gasteiger partial charge is 0.123 e. The molecule has 2 aromatic rings. The van der Waals surface area contributed by atoms with E-state index in [0.717, 1.165) is 11.4 Å². The molecular weight excluding hydrogens is 205 g/mol. The van der Waals surface area contributed by atoms with E-state index in [1.807, 2.05) is 30.3 Å². The molecule has 2 aromatic carbocycles. The summed E-state index contributed by atoms with van der Waals surface area (Å²) in [6.45, 7) is 0. The van der Waals surface area contributed by atoms with Gasteiger partial charge in [-0.1, -0.05) is 18.2 Å². The van der Waals surface area contributed by atoms with Crippen molar-refractivity contribution in [3.63, 3.8) is 0 Å². The third-order valence-corrected chi connectivity index (χ3v) is 2.23. The summed E-state index contributed by atoms with van der Waals surface area (Å²) in [7, 11) is 1.58.